The van der Waals surface area contributed by atoms with E-state index in [1.807, 2.05) is 13.1 Å². The summed E-state index contributed by atoms with van der Waals surface area (Å²) >= 11 is 0. The number of fused-ring (bicyclic) bond motifs is 1. The largest absolute Gasteiger partial charge is 0.491 e. The molecule has 0 fully saturated rings. The van der Waals surface area contributed by atoms with E-state index in [0.717, 1.165) is 38.4 Å². The molecule has 3 heteroatoms. The Balaban J connectivity index is 1.97. The van der Waals surface area contributed by atoms with Crippen molar-refractivity contribution in [2.45, 2.75) is 19.3 Å². The Labute approximate surface area is 104 Å². The van der Waals surface area contributed by atoms with E-state index < -0.39 is 0 Å². The standard InChI is InChI=1S/C14H22N2O/c1-15-9-4-5-10-16-11-6-12-17-14-8-3-2-7-13(14)16/h2-3,7-8,15H,4-6,9-12H2,1H3. The molecule has 0 unspecified atom stereocenters. The first-order chi connectivity index (χ1) is 8.42. The van der Waals surface area contributed by atoms with Crippen molar-refractivity contribution in [1.29, 1.82) is 0 Å². The molecule has 1 aliphatic heterocycles. The maximum absolute atomic E-state index is 5.75. The molecule has 0 aliphatic carbocycles. The van der Waals surface area contributed by atoms with E-state index >= 15 is 0 Å². The summed E-state index contributed by atoms with van der Waals surface area (Å²) in [5, 5.41) is 3.19. The van der Waals surface area contributed by atoms with Crippen LogP contribution in [-0.4, -0.2) is 33.3 Å². The Kier molecular flexibility index (Phi) is 4.68. The highest BCUT2D eigenvalue weighted by Gasteiger charge is 2.14. The molecule has 1 aliphatic rings. The summed E-state index contributed by atoms with van der Waals surface area (Å²) in [5.41, 5.74) is 1.26. The van der Waals surface area contributed by atoms with Crippen molar-refractivity contribution in [2.75, 3.05) is 38.2 Å². The molecule has 0 saturated carbocycles. The second-order valence-corrected chi connectivity index (χ2v) is 4.47. The number of benzene rings is 1. The van der Waals surface area contributed by atoms with Gasteiger partial charge in [-0.25, -0.2) is 0 Å². The molecule has 0 spiro atoms. The average molecular weight is 234 g/mol. The first-order valence-corrected chi connectivity index (χ1v) is 6.53. The van der Waals surface area contributed by atoms with Crippen molar-refractivity contribution < 1.29 is 4.74 Å². The number of nitrogens with zero attached hydrogens (tertiary/aromatic N) is 1. The highest BCUT2D eigenvalue weighted by atomic mass is 16.5. The summed E-state index contributed by atoms with van der Waals surface area (Å²) < 4.78 is 5.75. The number of para-hydroxylation sites is 2. The molecule has 2 rings (SSSR count). The lowest BCUT2D eigenvalue weighted by atomic mass is 10.2. The zero-order valence-corrected chi connectivity index (χ0v) is 10.6. The highest BCUT2D eigenvalue weighted by Crippen LogP contribution is 2.30. The second kappa shape index (κ2) is 6.50. The van der Waals surface area contributed by atoms with Gasteiger partial charge < -0.3 is 15.0 Å². The Morgan fingerprint density at radius 3 is 3.06 bits per heavy atom. The first kappa shape index (κ1) is 12.2. The molecule has 1 heterocycles. The first-order valence-electron chi connectivity index (χ1n) is 6.53. The van der Waals surface area contributed by atoms with E-state index in [-0.39, 0.29) is 0 Å². The maximum atomic E-state index is 5.75. The van der Waals surface area contributed by atoms with E-state index in [1.165, 1.54) is 18.5 Å². The monoisotopic (exact) mass is 234 g/mol. The second-order valence-electron chi connectivity index (χ2n) is 4.47. The van der Waals surface area contributed by atoms with Gasteiger partial charge in [-0.1, -0.05) is 12.1 Å². The summed E-state index contributed by atoms with van der Waals surface area (Å²) in [6, 6.07) is 8.37. The van der Waals surface area contributed by atoms with Crippen LogP contribution in [0.15, 0.2) is 24.3 Å². The Morgan fingerprint density at radius 1 is 1.29 bits per heavy atom. The van der Waals surface area contributed by atoms with Crippen LogP contribution in [0, 0.1) is 0 Å². The third-order valence-corrected chi connectivity index (χ3v) is 3.14. The van der Waals surface area contributed by atoms with Gasteiger partial charge in [0.1, 0.15) is 5.75 Å². The van der Waals surface area contributed by atoms with Crippen LogP contribution in [0.4, 0.5) is 5.69 Å². The summed E-state index contributed by atoms with van der Waals surface area (Å²) in [6.45, 7) is 4.18. The number of hydrogen-bond acceptors (Lipinski definition) is 3. The van der Waals surface area contributed by atoms with Gasteiger partial charge in [0, 0.05) is 13.1 Å². The van der Waals surface area contributed by atoms with Gasteiger partial charge in [0.25, 0.3) is 0 Å². The van der Waals surface area contributed by atoms with E-state index in [1.54, 1.807) is 0 Å². The minimum absolute atomic E-state index is 0.837. The Morgan fingerprint density at radius 2 is 2.18 bits per heavy atom. The van der Waals surface area contributed by atoms with Crippen LogP contribution in [0.25, 0.3) is 0 Å². The fourth-order valence-corrected chi connectivity index (χ4v) is 2.24. The molecule has 0 radical (unpaired) electrons. The maximum Gasteiger partial charge on any atom is 0.142 e. The Hall–Kier alpha value is -1.22. The van der Waals surface area contributed by atoms with Crippen LogP contribution in [0.5, 0.6) is 5.75 Å². The van der Waals surface area contributed by atoms with Crippen LogP contribution in [0.1, 0.15) is 19.3 Å². The molecule has 1 N–H and O–H groups in total. The summed E-state index contributed by atoms with van der Waals surface area (Å²) in [5.74, 6) is 1.04. The molecule has 17 heavy (non-hydrogen) atoms. The van der Waals surface area contributed by atoms with Gasteiger partial charge in [-0.2, -0.15) is 0 Å². The predicted octanol–water partition coefficient (Wildman–Crippen LogP) is 2.28. The van der Waals surface area contributed by atoms with Gasteiger partial charge in [0.05, 0.1) is 12.3 Å². The number of hydrogen-bond donors (Lipinski definition) is 1. The number of rotatable bonds is 5. The minimum Gasteiger partial charge on any atom is -0.491 e. The molecule has 3 nitrogen and oxygen atoms in total. The quantitative estimate of drug-likeness (QED) is 0.791. The molecule has 0 atom stereocenters. The van der Waals surface area contributed by atoms with Crippen LogP contribution in [0.2, 0.25) is 0 Å². The number of ether oxygens (including phenoxy) is 1. The molecule has 0 amide bonds. The summed E-state index contributed by atoms with van der Waals surface area (Å²) in [7, 11) is 2.01. The number of nitrogens with one attached hydrogen (secondary N) is 1. The van der Waals surface area contributed by atoms with Gasteiger partial charge in [0.2, 0.25) is 0 Å². The number of anilines is 1. The molecular weight excluding hydrogens is 212 g/mol. The Bertz CT molecular complexity index is 341. The van der Waals surface area contributed by atoms with Crippen LogP contribution >= 0.6 is 0 Å². The molecule has 1 aromatic carbocycles. The zero-order valence-electron chi connectivity index (χ0n) is 10.6. The van der Waals surface area contributed by atoms with E-state index in [9.17, 15) is 0 Å². The van der Waals surface area contributed by atoms with E-state index in [4.69, 9.17) is 4.74 Å². The fourth-order valence-electron chi connectivity index (χ4n) is 2.24. The molecule has 1 aromatic rings. The van der Waals surface area contributed by atoms with Crippen molar-refractivity contribution in [2.24, 2.45) is 0 Å². The van der Waals surface area contributed by atoms with Crippen molar-refractivity contribution in [3.8, 4) is 5.75 Å². The van der Waals surface area contributed by atoms with Gasteiger partial charge in [-0.05, 0) is 45.0 Å². The third-order valence-electron chi connectivity index (χ3n) is 3.14. The molecule has 94 valence electrons. The van der Waals surface area contributed by atoms with E-state index in [0.29, 0.717) is 0 Å². The average Bonchev–Trinajstić information content (AvgIpc) is 2.57. The molecule has 0 aromatic heterocycles. The predicted molar refractivity (Wildman–Crippen MR) is 71.9 cm³/mol. The number of unbranched alkanes of at least 4 members (excludes halogenated alkanes) is 1. The van der Waals surface area contributed by atoms with Crippen molar-refractivity contribution in [3.05, 3.63) is 24.3 Å². The topological polar surface area (TPSA) is 24.5 Å². The van der Waals surface area contributed by atoms with Crippen molar-refractivity contribution in [1.82, 2.24) is 5.32 Å². The van der Waals surface area contributed by atoms with Crippen LogP contribution in [0.3, 0.4) is 0 Å². The zero-order chi connectivity index (χ0) is 11.9. The highest BCUT2D eigenvalue weighted by molar-refractivity contribution is 5.58. The smallest absolute Gasteiger partial charge is 0.142 e. The molecule has 0 bridgehead atoms. The third kappa shape index (κ3) is 3.37. The lowest BCUT2D eigenvalue weighted by molar-refractivity contribution is 0.322. The lowest BCUT2D eigenvalue weighted by Gasteiger charge is -2.23. The molecule has 0 saturated heterocycles. The van der Waals surface area contributed by atoms with Gasteiger partial charge in [-0.15, -0.1) is 0 Å². The summed E-state index contributed by atoms with van der Waals surface area (Å²) in [4.78, 5) is 2.46. The minimum atomic E-state index is 0.837. The van der Waals surface area contributed by atoms with Gasteiger partial charge in [-0.3, -0.25) is 0 Å². The van der Waals surface area contributed by atoms with Crippen molar-refractivity contribution in [3.63, 3.8) is 0 Å². The van der Waals surface area contributed by atoms with Crippen molar-refractivity contribution >= 4 is 5.69 Å². The van der Waals surface area contributed by atoms with E-state index in [2.05, 4.69) is 28.4 Å². The normalized spacial score (nSPS) is 15.0. The fraction of sp³-hybridized carbons (Fsp3) is 0.571. The van der Waals surface area contributed by atoms with Crippen LogP contribution in [-0.2, 0) is 0 Å². The summed E-state index contributed by atoms with van der Waals surface area (Å²) in [6.07, 6.45) is 3.58. The van der Waals surface area contributed by atoms with Gasteiger partial charge in [0.15, 0.2) is 0 Å². The SMILES string of the molecule is CNCCCCN1CCCOc2ccccc21. The van der Waals surface area contributed by atoms with Gasteiger partial charge >= 0.3 is 0 Å². The molecular formula is C14H22N2O. The lowest BCUT2D eigenvalue weighted by Crippen LogP contribution is -2.25. The van der Waals surface area contributed by atoms with Crippen LogP contribution < -0.4 is 15.0 Å².